The van der Waals surface area contributed by atoms with E-state index in [2.05, 4.69) is 22.5 Å². The van der Waals surface area contributed by atoms with Crippen LogP contribution in [0.5, 0.6) is 11.5 Å². The summed E-state index contributed by atoms with van der Waals surface area (Å²) in [6.45, 7) is 10.4. The molecule has 1 unspecified atom stereocenters. The van der Waals surface area contributed by atoms with Crippen LogP contribution in [0.3, 0.4) is 0 Å². The molecule has 9 heteroatoms. The van der Waals surface area contributed by atoms with E-state index < -0.39 is 6.04 Å². The van der Waals surface area contributed by atoms with Crippen molar-refractivity contribution in [3.63, 3.8) is 0 Å². The summed E-state index contributed by atoms with van der Waals surface area (Å²) in [5.74, 6) is 2.49. The van der Waals surface area contributed by atoms with Gasteiger partial charge in [-0.3, -0.25) is 4.79 Å². The Morgan fingerprint density at radius 2 is 1.97 bits per heavy atom. The van der Waals surface area contributed by atoms with Crippen molar-refractivity contribution in [3.8, 4) is 11.5 Å². The molecule has 1 aliphatic rings. The lowest BCUT2D eigenvalue weighted by Gasteiger charge is -2.29. The van der Waals surface area contributed by atoms with Gasteiger partial charge in [-0.15, -0.1) is 5.10 Å². The molecule has 1 amide bonds. The lowest BCUT2D eigenvalue weighted by Crippen LogP contribution is -2.31. The maximum Gasteiger partial charge on any atom is 0.255 e. The second-order valence-corrected chi connectivity index (χ2v) is 9.44. The molecule has 2 N–H and O–H groups in total. The van der Waals surface area contributed by atoms with E-state index in [9.17, 15) is 4.79 Å². The molecule has 35 heavy (non-hydrogen) atoms. The van der Waals surface area contributed by atoms with Gasteiger partial charge in [0.05, 0.1) is 19.3 Å². The number of nitrogens with zero attached hydrogens (tertiary/aromatic N) is 3. The third-order valence-electron chi connectivity index (χ3n) is 6.01. The number of rotatable bonds is 8. The summed E-state index contributed by atoms with van der Waals surface area (Å²) in [5, 5.41) is 11.8. The fourth-order valence-electron chi connectivity index (χ4n) is 4.13. The van der Waals surface area contributed by atoms with Gasteiger partial charge in [0.2, 0.25) is 11.1 Å². The van der Waals surface area contributed by atoms with Gasteiger partial charge in [0.25, 0.3) is 5.91 Å². The minimum atomic E-state index is -0.500. The van der Waals surface area contributed by atoms with E-state index in [1.165, 1.54) is 0 Å². The zero-order valence-corrected chi connectivity index (χ0v) is 21.7. The Balaban J connectivity index is 1.82. The molecule has 2 heterocycles. The Hall–Kier alpha value is -3.46. The van der Waals surface area contributed by atoms with Gasteiger partial charge in [0.15, 0.2) is 11.5 Å². The van der Waals surface area contributed by atoms with Crippen LogP contribution in [0, 0.1) is 13.8 Å². The number of carbonyl (C=O) groups is 1. The van der Waals surface area contributed by atoms with Crippen LogP contribution in [0.15, 0.2) is 52.8 Å². The van der Waals surface area contributed by atoms with Crippen LogP contribution in [0.25, 0.3) is 0 Å². The minimum Gasteiger partial charge on any atom is -0.493 e. The Morgan fingerprint density at radius 1 is 1.17 bits per heavy atom. The molecular weight excluding hydrogens is 462 g/mol. The monoisotopic (exact) mass is 493 g/mol. The molecule has 0 saturated carbocycles. The normalized spacial score (nSPS) is 14.9. The van der Waals surface area contributed by atoms with Crippen molar-refractivity contribution in [1.29, 1.82) is 0 Å². The van der Waals surface area contributed by atoms with Crippen LogP contribution in [-0.4, -0.2) is 40.1 Å². The van der Waals surface area contributed by atoms with Crippen LogP contribution in [0.2, 0.25) is 0 Å². The maximum absolute atomic E-state index is 13.8. The highest BCUT2D eigenvalue weighted by atomic mass is 32.2. The summed E-state index contributed by atoms with van der Waals surface area (Å²) in [7, 11) is 1.61. The van der Waals surface area contributed by atoms with Crippen LogP contribution in [0.4, 0.5) is 11.6 Å². The third kappa shape index (κ3) is 4.86. The van der Waals surface area contributed by atoms with Crippen molar-refractivity contribution in [2.75, 3.05) is 30.1 Å². The molecule has 1 aliphatic heterocycles. The van der Waals surface area contributed by atoms with Gasteiger partial charge in [-0.2, -0.15) is 4.98 Å². The lowest BCUT2D eigenvalue weighted by molar-refractivity contribution is -0.113. The molecular formula is C26H31N5O3S. The van der Waals surface area contributed by atoms with E-state index in [-0.39, 0.29) is 5.91 Å². The number of hydrogen-bond acceptors (Lipinski definition) is 7. The zero-order chi connectivity index (χ0) is 25.1. The Kier molecular flexibility index (Phi) is 7.35. The van der Waals surface area contributed by atoms with Crippen molar-refractivity contribution < 1.29 is 14.3 Å². The molecule has 3 aromatic rings. The van der Waals surface area contributed by atoms with Crippen molar-refractivity contribution >= 4 is 29.3 Å². The first-order valence-electron chi connectivity index (χ1n) is 11.6. The van der Waals surface area contributed by atoms with E-state index in [1.54, 1.807) is 23.6 Å². The number of carbonyl (C=O) groups excluding carboxylic acids is 1. The van der Waals surface area contributed by atoms with Crippen molar-refractivity contribution in [1.82, 2.24) is 14.8 Å². The number of benzene rings is 2. The molecule has 8 nitrogen and oxygen atoms in total. The molecule has 0 radical (unpaired) electrons. The highest BCUT2D eigenvalue weighted by Crippen LogP contribution is 2.40. The number of ether oxygens (including phenoxy) is 2. The minimum absolute atomic E-state index is 0.201. The Bertz CT molecular complexity index is 1280. The largest absolute Gasteiger partial charge is 0.493 e. The molecule has 0 spiro atoms. The first-order chi connectivity index (χ1) is 16.9. The SMILES string of the molecule is CCOc1ccc(C2C(C(=O)Nc3cccc(C)c3C)=C(C)Nc3nc(SCC)nn32)cc1OC. The van der Waals surface area contributed by atoms with Gasteiger partial charge >= 0.3 is 0 Å². The molecule has 4 rings (SSSR count). The molecule has 0 saturated heterocycles. The smallest absolute Gasteiger partial charge is 0.255 e. The fourth-order valence-corrected chi connectivity index (χ4v) is 4.68. The molecule has 184 valence electrons. The third-order valence-corrected chi connectivity index (χ3v) is 6.73. The van der Waals surface area contributed by atoms with Gasteiger partial charge in [-0.25, -0.2) is 4.68 Å². The summed E-state index contributed by atoms with van der Waals surface area (Å²) in [6, 6.07) is 11.1. The van der Waals surface area contributed by atoms with Crippen LogP contribution in [-0.2, 0) is 4.79 Å². The molecule has 1 atom stereocenters. The Morgan fingerprint density at radius 3 is 2.69 bits per heavy atom. The molecule has 0 bridgehead atoms. The second-order valence-electron chi connectivity index (χ2n) is 8.21. The summed E-state index contributed by atoms with van der Waals surface area (Å²) in [6.07, 6.45) is 0. The van der Waals surface area contributed by atoms with Gasteiger partial charge in [-0.1, -0.05) is 36.9 Å². The van der Waals surface area contributed by atoms with Gasteiger partial charge in [-0.05, 0) is 68.3 Å². The number of aryl methyl sites for hydroxylation is 1. The number of aromatic nitrogens is 3. The van der Waals surface area contributed by atoms with Crippen molar-refractivity contribution in [3.05, 3.63) is 64.4 Å². The van der Waals surface area contributed by atoms with Crippen molar-refractivity contribution in [2.45, 2.75) is 45.8 Å². The molecule has 1 aromatic heterocycles. The summed E-state index contributed by atoms with van der Waals surface area (Å²) < 4.78 is 13.1. The maximum atomic E-state index is 13.8. The number of nitrogens with one attached hydrogen (secondary N) is 2. The molecule has 0 aliphatic carbocycles. The molecule has 2 aromatic carbocycles. The van der Waals surface area contributed by atoms with Gasteiger partial charge in [0.1, 0.15) is 6.04 Å². The highest BCUT2D eigenvalue weighted by molar-refractivity contribution is 7.99. The number of amides is 1. The number of hydrogen-bond donors (Lipinski definition) is 2. The average molecular weight is 494 g/mol. The van der Waals surface area contributed by atoms with E-state index in [0.29, 0.717) is 34.8 Å². The van der Waals surface area contributed by atoms with E-state index in [4.69, 9.17) is 14.6 Å². The van der Waals surface area contributed by atoms with Crippen LogP contribution < -0.4 is 20.1 Å². The predicted molar refractivity (Wildman–Crippen MR) is 140 cm³/mol. The summed E-state index contributed by atoms with van der Waals surface area (Å²) >= 11 is 1.55. The lowest BCUT2D eigenvalue weighted by atomic mass is 9.94. The van der Waals surface area contributed by atoms with Crippen LogP contribution >= 0.6 is 11.8 Å². The first kappa shape index (κ1) is 24.7. The number of methoxy groups -OCH3 is 1. The van der Waals surface area contributed by atoms with E-state index in [0.717, 1.165) is 33.8 Å². The number of fused-ring (bicyclic) bond motifs is 1. The van der Waals surface area contributed by atoms with Gasteiger partial charge in [0, 0.05) is 11.4 Å². The Labute approximate surface area is 210 Å². The summed E-state index contributed by atoms with van der Waals surface area (Å²) in [4.78, 5) is 18.4. The van der Waals surface area contributed by atoms with Crippen LogP contribution in [0.1, 0.15) is 43.5 Å². The second kappa shape index (κ2) is 10.4. The summed E-state index contributed by atoms with van der Waals surface area (Å²) in [5.41, 5.74) is 5.05. The van der Waals surface area contributed by atoms with E-state index in [1.807, 2.05) is 64.1 Å². The quantitative estimate of drug-likeness (QED) is 0.409. The predicted octanol–water partition coefficient (Wildman–Crippen LogP) is 5.34. The van der Waals surface area contributed by atoms with E-state index >= 15 is 0 Å². The number of allylic oxidation sites excluding steroid dienone is 1. The van der Waals surface area contributed by atoms with Gasteiger partial charge < -0.3 is 20.1 Å². The first-order valence-corrected chi connectivity index (χ1v) is 12.6. The average Bonchev–Trinajstić information content (AvgIpc) is 3.23. The number of anilines is 2. The fraction of sp³-hybridized carbons (Fsp3) is 0.346. The standard InChI is InChI=1S/C26H31N5O3S/c1-7-34-20-13-12-18(14-21(20)33-6)23-22(24(32)28-19-11-9-10-15(3)16(19)4)17(5)27-25-29-26(35-8-2)30-31(23)25/h9-14,23H,7-8H2,1-6H3,(H,28,32)(H,27,29,30). The number of thioether (sulfide) groups is 1. The molecule has 0 fully saturated rings. The zero-order valence-electron chi connectivity index (χ0n) is 20.9. The highest BCUT2D eigenvalue weighted by Gasteiger charge is 2.35. The topological polar surface area (TPSA) is 90.3 Å². The van der Waals surface area contributed by atoms with Crippen molar-refractivity contribution in [2.24, 2.45) is 0 Å².